The van der Waals surface area contributed by atoms with Gasteiger partial charge in [0.2, 0.25) is 0 Å². The molecule has 0 amide bonds. The summed E-state index contributed by atoms with van der Waals surface area (Å²) in [5.74, 6) is 0.665. The lowest BCUT2D eigenvalue weighted by Crippen LogP contribution is -1.93. The summed E-state index contributed by atoms with van der Waals surface area (Å²) in [4.78, 5) is 10.9. The molecule has 0 bridgehead atoms. The zero-order valence-electron chi connectivity index (χ0n) is 8.45. The van der Waals surface area contributed by atoms with Gasteiger partial charge in [0.1, 0.15) is 5.69 Å². The van der Waals surface area contributed by atoms with Crippen LogP contribution in [0.4, 0.5) is 0 Å². The monoisotopic (exact) mass is 223 g/mol. The summed E-state index contributed by atoms with van der Waals surface area (Å²) < 4.78 is 7.12. The summed E-state index contributed by atoms with van der Waals surface area (Å²) in [6.07, 6.45) is 2.35. The third kappa shape index (κ3) is 1.39. The quantitative estimate of drug-likeness (QED) is 0.734. The molecule has 0 aliphatic carbocycles. The second-order valence-corrected chi connectivity index (χ2v) is 3.69. The molecular formula is C11H10ClNO2. The van der Waals surface area contributed by atoms with Gasteiger partial charge >= 0.3 is 0 Å². The van der Waals surface area contributed by atoms with E-state index in [1.165, 1.54) is 0 Å². The predicted molar refractivity (Wildman–Crippen MR) is 58.2 cm³/mol. The Morgan fingerprint density at radius 1 is 1.53 bits per heavy atom. The van der Waals surface area contributed by atoms with E-state index in [0.29, 0.717) is 16.3 Å². The van der Waals surface area contributed by atoms with Crippen molar-refractivity contribution >= 4 is 17.9 Å². The summed E-state index contributed by atoms with van der Waals surface area (Å²) in [6.45, 7) is 1.85. The fourth-order valence-corrected chi connectivity index (χ4v) is 2.01. The number of hydrogen-bond donors (Lipinski definition) is 0. The normalized spacial score (nSPS) is 10.6. The first-order chi connectivity index (χ1) is 7.16. The van der Waals surface area contributed by atoms with Crippen molar-refractivity contribution < 1.29 is 9.21 Å². The molecule has 0 radical (unpaired) electrons. The molecule has 4 heteroatoms. The van der Waals surface area contributed by atoms with Crippen molar-refractivity contribution in [2.75, 3.05) is 0 Å². The second kappa shape index (κ2) is 3.59. The summed E-state index contributed by atoms with van der Waals surface area (Å²) in [5, 5.41) is 0.444. The van der Waals surface area contributed by atoms with Gasteiger partial charge < -0.3 is 8.98 Å². The summed E-state index contributed by atoms with van der Waals surface area (Å²) in [6, 6.07) is 3.60. The van der Waals surface area contributed by atoms with Gasteiger partial charge in [0, 0.05) is 12.7 Å². The molecule has 2 rings (SSSR count). The molecule has 78 valence electrons. The SMILES string of the molecule is Cc1c(C=O)c(Cl)c(-c2ccco2)n1C. The lowest BCUT2D eigenvalue weighted by atomic mass is 10.2. The Kier molecular flexibility index (Phi) is 2.40. The largest absolute Gasteiger partial charge is 0.463 e. The van der Waals surface area contributed by atoms with Crippen LogP contribution in [-0.4, -0.2) is 10.9 Å². The van der Waals surface area contributed by atoms with Gasteiger partial charge in [0.15, 0.2) is 12.0 Å². The van der Waals surface area contributed by atoms with E-state index in [2.05, 4.69) is 0 Å². The van der Waals surface area contributed by atoms with E-state index in [1.807, 2.05) is 24.6 Å². The number of aromatic nitrogens is 1. The number of carbonyl (C=O) groups excluding carboxylic acids is 1. The van der Waals surface area contributed by atoms with Crippen molar-refractivity contribution in [3.05, 3.63) is 34.7 Å². The van der Waals surface area contributed by atoms with E-state index in [-0.39, 0.29) is 0 Å². The Morgan fingerprint density at radius 3 is 2.73 bits per heavy atom. The van der Waals surface area contributed by atoms with Gasteiger partial charge in [-0.1, -0.05) is 11.6 Å². The number of nitrogens with zero attached hydrogens (tertiary/aromatic N) is 1. The van der Waals surface area contributed by atoms with Crippen LogP contribution in [-0.2, 0) is 7.05 Å². The van der Waals surface area contributed by atoms with E-state index in [1.54, 1.807) is 12.3 Å². The number of hydrogen-bond acceptors (Lipinski definition) is 2. The molecule has 0 aliphatic rings. The molecule has 15 heavy (non-hydrogen) atoms. The summed E-state index contributed by atoms with van der Waals surface area (Å²) in [7, 11) is 1.85. The number of rotatable bonds is 2. The third-order valence-electron chi connectivity index (χ3n) is 2.55. The van der Waals surface area contributed by atoms with Crippen molar-refractivity contribution in [3.63, 3.8) is 0 Å². The van der Waals surface area contributed by atoms with Gasteiger partial charge in [-0.25, -0.2) is 0 Å². The topological polar surface area (TPSA) is 35.1 Å². The van der Waals surface area contributed by atoms with Gasteiger partial charge in [-0.2, -0.15) is 0 Å². The van der Waals surface area contributed by atoms with Gasteiger partial charge in [0.25, 0.3) is 0 Å². The minimum absolute atomic E-state index is 0.444. The lowest BCUT2D eigenvalue weighted by molar-refractivity contribution is 0.112. The molecule has 0 aromatic carbocycles. The molecule has 0 fully saturated rings. The van der Waals surface area contributed by atoms with Crippen molar-refractivity contribution in [2.45, 2.75) is 6.92 Å². The van der Waals surface area contributed by atoms with Crippen LogP contribution < -0.4 is 0 Å². The molecule has 3 nitrogen and oxygen atoms in total. The van der Waals surface area contributed by atoms with Crippen molar-refractivity contribution in [3.8, 4) is 11.5 Å². The maximum atomic E-state index is 10.9. The molecule has 0 atom stereocenters. The highest BCUT2D eigenvalue weighted by molar-refractivity contribution is 6.35. The third-order valence-corrected chi connectivity index (χ3v) is 2.93. The average Bonchev–Trinajstić information content (AvgIpc) is 2.77. The van der Waals surface area contributed by atoms with Crippen LogP contribution in [0.2, 0.25) is 5.02 Å². The predicted octanol–water partition coefficient (Wildman–Crippen LogP) is 3.06. The molecular weight excluding hydrogens is 214 g/mol. The van der Waals surface area contributed by atoms with Crippen LogP contribution in [0.5, 0.6) is 0 Å². The Bertz CT molecular complexity index is 497. The molecule has 2 aromatic rings. The molecule has 0 saturated carbocycles. The first-order valence-electron chi connectivity index (χ1n) is 4.50. The van der Waals surface area contributed by atoms with Crippen LogP contribution in [0.1, 0.15) is 16.1 Å². The van der Waals surface area contributed by atoms with Crippen molar-refractivity contribution in [2.24, 2.45) is 7.05 Å². The minimum Gasteiger partial charge on any atom is -0.463 e. The number of furan rings is 1. The van der Waals surface area contributed by atoms with Crippen molar-refractivity contribution in [1.29, 1.82) is 0 Å². The van der Waals surface area contributed by atoms with Crippen molar-refractivity contribution in [1.82, 2.24) is 4.57 Å². The zero-order valence-corrected chi connectivity index (χ0v) is 9.21. The molecule has 0 spiro atoms. The Morgan fingerprint density at radius 2 is 2.27 bits per heavy atom. The van der Waals surface area contributed by atoms with E-state index in [4.69, 9.17) is 16.0 Å². The molecule has 0 unspecified atom stereocenters. The van der Waals surface area contributed by atoms with Gasteiger partial charge in [-0.05, 0) is 19.1 Å². The number of halogens is 1. The summed E-state index contributed by atoms with van der Waals surface area (Å²) >= 11 is 6.11. The van der Waals surface area contributed by atoms with Crippen LogP contribution >= 0.6 is 11.6 Å². The first kappa shape index (κ1) is 10.1. The van der Waals surface area contributed by atoms with Gasteiger partial charge in [-0.15, -0.1) is 0 Å². The van der Waals surface area contributed by atoms with E-state index >= 15 is 0 Å². The van der Waals surface area contributed by atoms with Crippen LogP contribution in [0.3, 0.4) is 0 Å². The van der Waals surface area contributed by atoms with Crippen LogP contribution in [0.25, 0.3) is 11.5 Å². The Hall–Kier alpha value is -1.48. The van der Waals surface area contributed by atoms with E-state index in [9.17, 15) is 4.79 Å². The lowest BCUT2D eigenvalue weighted by Gasteiger charge is -2.01. The highest BCUT2D eigenvalue weighted by Crippen LogP contribution is 2.33. The van der Waals surface area contributed by atoms with Crippen LogP contribution in [0.15, 0.2) is 22.8 Å². The molecule has 2 heterocycles. The molecule has 0 aliphatic heterocycles. The Labute approximate surface area is 92.3 Å². The maximum absolute atomic E-state index is 10.9. The van der Waals surface area contributed by atoms with Gasteiger partial charge in [0.05, 0.1) is 16.8 Å². The van der Waals surface area contributed by atoms with E-state index < -0.39 is 0 Å². The molecule has 0 saturated heterocycles. The average molecular weight is 224 g/mol. The maximum Gasteiger partial charge on any atom is 0.153 e. The highest BCUT2D eigenvalue weighted by atomic mass is 35.5. The highest BCUT2D eigenvalue weighted by Gasteiger charge is 2.19. The Balaban J connectivity index is 2.73. The fourth-order valence-electron chi connectivity index (χ4n) is 1.61. The van der Waals surface area contributed by atoms with Gasteiger partial charge in [-0.3, -0.25) is 4.79 Å². The smallest absolute Gasteiger partial charge is 0.153 e. The van der Waals surface area contributed by atoms with Crippen LogP contribution in [0, 0.1) is 6.92 Å². The second-order valence-electron chi connectivity index (χ2n) is 3.32. The zero-order chi connectivity index (χ0) is 11.0. The minimum atomic E-state index is 0.444. The number of aldehydes is 1. The van der Waals surface area contributed by atoms with E-state index in [0.717, 1.165) is 17.7 Å². The fraction of sp³-hybridized carbons (Fsp3) is 0.182. The standard InChI is InChI=1S/C11H10ClNO2/c1-7-8(6-14)10(12)11(13(7)2)9-4-3-5-15-9/h3-6H,1-2H3. The number of carbonyl (C=O) groups is 1. The molecule has 0 N–H and O–H groups in total. The summed E-state index contributed by atoms with van der Waals surface area (Å²) in [5.41, 5.74) is 2.09. The first-order valence-corrected chi connectivity index (χ1v) is 4.88. The molecule has 2 aromatic heterocycles.